The highest BCUT2D eigenvalue weighted by molar-refractivity contribution is 8.14. The molecule has 0 fully saturated rings. The second-order valence-electron chi connectivity index (χ2n) is 5.82. The van der Waals surface area contributed by atoms with Gasteiger partial charge in [-0.15, -0.1) is 0 Å². The average molecular weight is 349 g/mol. The van der Waals surface area contributed by atoms with E-state index in [0.717, 1.165) is 43.1 Å². The van der Waals surface area contributed by atoms with E-state index in [9.17, 15) is 9.59 Å². The lowest BCUT2D eigenvalue weighted by Gasteiger charge is -2.17. The summed E-state index contributed by atoms with van der Waals surface area (Å²) in [5, 5.41) is 6.24. The van der Waals surface area contributed by atoms with Gasteiger partial charge in [-0.3, -0.25) is 9.59 Å². The van der Waals surface area contributed by atoms with Crippen LogP contribution in [0.4, 0.5) is 0 Å². The molecule has 0 heterocycles. The Kier molecular flexibility index (Phi) is 9.92. The maximum atomic E-state index is 11.4. The number of amides is 1. The van der Waals surface area contributed by atoms with Crippen molar-refractivity contribution in [3.63, 3.8) is 0 Å². The number of hydrogen-bond donors (Lipinski definition) is 2. The zero-order valence-electron chi connectivity index (χ0n) is 14.6. The van der Waals surface area contributed by atoms with Gasteiger partial charge < -0.3 is 10.6 Å². The highest BCUT2D eigenvalue weighted by Crippen LogP contribution is 2.14. The quantitative estimate of drug-likeness (QED) is 0.597. The van der Waals surface area contributed by atoms with E-state index >= 15 is 0 Å². The first-order valence-electron chi connectivity index (χ1n) is 8.38. The summed E-state index contributed by atoms with van der Waals surface area (Å²) in [4.78, 5) is 22.2. The Bertz CT molecular complexity index is 531. The minimum absolute atomic E-state index is 0.0270. The van der Waals surface area contributed by atoms with Crippen LogP contribution in [-0.2, 0) is 9.59 Å². The van der Waals surface area contributed by atoms with Gasteiger partial charge in [0.1, 0.15) is 0 Å². The van der Waals surface area contributed by atoms with Crippen molar-refractivity contribution < 1.29 is 9.59 Å². The van der Waals surface area contributed by atoms with Crippen LogP contribution in [0, 0.1) is 0 Å². The first kappa shape index (κ1) is 20.3. The largest absolute Gasteiger partial charge is 0.382 e. The second-order valence-corrected chi connectivity index (χ2v) is 6.97. The van der Waals surface area contributed by atoms with Crippen LogP contribution in [0.3, 0.4) is 0 Å². The maximum Gasteiger partial charge on any atom is 0.230 e. The van der Waals surface area contributed by atoms with Gasteiger partial charge in [0, 0.05) is 25.2 Å². The Hall–Kier alpha value is -1.75. The molecule has 0 aliphatic carbocycles. The molecule has 0 aliphatic heterocycles. The molecule has 0 saturated heterocycles. The average Bonchev–Trinajstić information content (AvgIpc) is 2.56. The third-order valence-electron chi connectivity index (χ3n) is 3.60. The molecule has 132 valence electrons. The van der Waals surface area contributed by atoms with E-state index in [1.807, 2.05) is 18.2 Å². The molecule has 0 bridgehead atoms. The van der Waals surface area contributed by atoms with Gasteiger partial charge in [-0.1, -0.05) is 55.1 Å². The van der Waals surface area contributed by atoms with Crippen LogP contribution in [0.2, 0.25) is 0 Å². The monoisotopic (exact) mass is 348 g/mol. The molecule has 5 heteroatoms. The van der Waals surface area contributed by atoms with E-state index in [1.165, 1.54) is 12.5 Å². The van der Waals surface area contributed by atoms with E-state index in [0.29, 0.717) is 6.54 Å². The first-order chi connectivity index (χ1) is 11.5. The van der Waals surface area contributed by atoms with Crippen LogP contribution in [0.5, 0.6) is 0 Å². The van der Waals surface area contributed by atoms with Crippen LogP contribution >= 0.6 is 11.8 Å². The molecule has 0 radical (unpaired) electrons. The molecule has 1 aromatic rings. The molecule has 4 nitrogen and oxygen atoms in total. The second kappa shape index (κ2) is 11.7. The molecule has 1 atom stereocenters. The highest BCUT2D eigenvalue weighted by Gasteiger charge is 2.05. The van der Waals surface area contributed by atoms with Crippen molar-refractivity contribution in [1.82, 2.24) is 10.6 Å². The van der Waals surface area contributed by atoms with Gasteiger partial charge in [0.15, 0.2) is 5.12 Å². The van der Waals surface area contributed by atoms with Crippen molar-refractivity contribution in [2.75, 3.05) is 12.3 Å². The first-order valence-corrected chi connectivity index (χ1v) is 9.37. The van der Waals surface area contributed by atoms with Crippen LogP contribution < -0.4 is 10.6 Å². The van der Waals surface area contributed by atoms with Gasteiger partial charge in [0.25, 0.3) is 0 Å². The molecule has 1 unspecified atom stereocenters. The van der Waals surface area contributed by atoms with E-state index in [2.05, 4.69) is 36.3 Å². The van der Waals surface area contributed by atoms with Gasteiger partial charge in [0.2, 0.25) is 5.91 Å². The summed E-state index contributed by atoms with van der Waals surface area (Å²) < 4.78 is 0. The summed E-state index contributed by atoms with van der Waals surface area (Å²) in [5.74, 6) is 0.144. The van der Waals surface area contributed by atoms with Crippen LogP contribution in [0.1, 0.15) is 51.1 Å². The Morgan fingerprint density at radius 2 is 1.88 bits per heavy atom. The van der Waals surface area contributed by atoms with E-state index in [1.54, 1.807) is 0 Å². The molecule has 0 aliphatic rings. The number of unbranched alkanes of at least 4 members (excludes halogenated alkanes) is 2. The predicted octanol–water partition coefficient (Wildman–Crippen LogP) is 3.81. The van der Waals surface area contributed by atoms with Crippen molar-refractivity contribution in [1.29, 1.82) is 0 Å². The smallest absolute Gasteiger partial charge is 0.230 e. The summed E-state index contributed by atoms with van der Waals surface area (Å²) in [6, 6.07) is 10.6. The van der Waals surface area contributed by atoms with Gasteiger partial charge in [-0.2, -0.15) is 0 Å². The number of benzene rings is 1. The topological polar surface area (TPSA) is 58.2 Å². The van der Waals surface area contributed by atoms with Crippen LogP contribution in [-0.4, -0.2) is 23.3 Å². The normalized spacial score (nSPS) is 11.6. The molecule has 1 rings (SSSR count). The number of carbonyl (C=O) groups is 2. The summed E-state index contributed by atoms with van der Waals surface area (Å²) in [5.41, 5.74) is 2.30. The summed E-state index contributed by atoms with van der Waals surface area (Å²) >= 11 is 1.04. The maximum absolute atomic E-state index is 11.4. The number of carbonyl (C=O) groups excluding carboxylic acids is 2. The third-order valence-corrected chi connectivity index (χ3v) is 4.42. The fourth-order valence-corrected chi connectivity index (χ4v) is 2.73. The molecule has 0 saturated carbocycles. The molecule has 2 N–H and O–H groups in total. The third kappa shape index (κ3) is 9.40. The van der Waals surface area contributed by atoms with Crippen molar-refractivity contribution in [2.45, 2.75) is 45.6 Å². The van der Waals surface area contributed by atoms with E-state index in [-0.39, 0.29) is 22.8 Å². The summed E-state index contributed by atoms with van der Waals surface area (Å²) in [6.07, 6.45) is 3.97. The lowest BCUT2D eigenvalue weighted by molar-refractivity contribution is -0.118. The lowest BCUT2D eigenvalue weighted by atomic mass is 10.1. The van der Waals surface area contributed by atoms with E-state index in [4.69, 9.17) is 0 Å². The van der Waals surface area contributed by atoms with Crippen LogP contribution in [0.15, 0.2) is 42.6 Å². The summed E-state index contributed by atoms with van der Waals surface area (Å²) in [7, 11) is 0. The van der Waals surface area contributed by atoms with E-state index < -0.39 is 0 Å². The Morgan fingerprint density at radius 1 is 1.17 bits per heavy atom. The van der Waals surface area contributed by atoms with Gasteiger partial charge in [0.05, 0.1) is 5.75 Å². The Balaban J connectivity index is 2.05. The van der Waals surface area contributed by atoms with Crippen molar-refractivity contribution >= 4 is 22.8 Å². The van der Waals surface area contributed by atoms with Crippen molar-refractivity contribution in [3.8, 4) is 0 Å². The zero-order chi connectivity index (χ0) is 17.8. The highest BCUT2D eigenvalue weighted by atomic mass is 32.2. The standard InChI is InChI=1S/C19H28N2O2S/c1-15(21-16(2)18-11-7-4-8-12-18)10-6-5-9-13-20-19(23)14-24-17(3)22/h4,7-8,11-12,16,21H,1,5-6,9-10,13-14H2,2-3H3,(H,20,23). The number of hydrogen-bond acceptors (Lipinski definition) is 4. The molecular weight excluding hydrogens is 320 g/mol. The fraction of sp³-hybridized carbons (Fsp3) is 0.474. The number of nitrogens with one attached hydrogen (secondary N) is 2. The van der Waals surface area contributed by atoms with Gasteiger partial charge in [-0.05, 0) is 31.7 Å². The minimum Gasteiger partial charge on any atom is -0.382 e. The van der Waals surface area contributed by atoms with Crippen molar-refractivity contribution in [2.24, 2.45) is 0 Å². The summed E-state index contributed by atoms with van der Waals surface area (Å²) in [6.45, 7) is 8.36. The number of allylic oxidation sites excluding steroid dienone is 1. The van der Waals surface area contributed by atoms with Gasteiger partial charge >= 0.3 is 0 Å². The molecule has 0 spiro atoms. The number of thioether (sulfide) groups is 1. The number of rotatable bonds is 11. The molecule has 24 heavy (non-hydrogen) atoms. The molecular formula is C19H28N2O2S. The Labute approximate surface area is 149 Å². The molecule has 1 aromatic carbocycles. The SMILES string of the molecule is C=C(CCCCCNC(=O)CSC(C)=O)NC(C)c1ccccc1. The molecule has 0 aromatic heterocycles. The fourth-order valence-electron chi connectivity index (χ4n) is 2.29. The zero-order valence-corrected chi connectivity index (χ0v) is 15.5. The van der Waals surface area contributed by atoms with Crippen LogP contribution in [0.25, 0.3) is 0 Å². The van der Waals surface area contributed by atoms with Gasteiger partial charge in [-0.25, -0.2) is 0 Å². The van der Waals surface area contributed by atoms with Crippen molar-refractivity contribution in [3.05, 3.63) is 48.2 Å². The lowest BCUT2D eigenvalue weighted by Crippen LogP contribution is -2.26. The Morgan fingerprint density at radius 3 is 2.54 bits per heavy atom. The molecule has 1 amide bonds. The predicted molar refractivity (Wildman–Crippen MR) is 102 cm³/mol. The minimum atomic E-state index is -0.0713.